The SMILES string of the molecule is COc1ccc(OC)c(CN(C2CC2)S(=O)(=O)N2CCCC(C)C2)c1. The zero-order chi connectivity index (χ0) is 18.0. The van der Waals surface area contributed by atoms with Crippen LogP contribution in [-0.4, -0.2) is 50.4 Å². The number of nitrogens with zero attached hydrogens (tertiary/aromatic N) is 2. The normalized spacial score (nSPS) is 22.2. The van der Waals surface area contributed by atoms with E-state index in [2.05, 4.69) is 6.92 Å². The van der Waals surface area contributed by atoms with Gasteiger partial charge in [0.05, 0.1) is 14.2 Å². The van der Waals surface area contributed by atoms with Crippen LogP contribution in [0, 0.1) is 5.92 Å². The minimum atomic E-state index is -3.47. The summed E-state index contributed by atoms with van der Waals surface area (Å²) in [6, 6.07) is 5.61. The third-order valence-corrected chi connectivity index (χ3v) is 7.01. The minimum Gasteiger partial charge on any atom is -0.497 e. The van der Waals surface area contributed by atoms with E-state index in [9.17, 15) is 8.42 Å². The van der Waals surface area contributed by atoms with Crippen molar-refractivity contribution in [2.75, 3.05) is 27.3 Å². The summed E-state index contributed by atoms with van der Waals surface area (Å²) >= 11 is 0. The lowest BCUT2D eigenvalue weighted by Crippen LogP contribution is -2.48. The van der Waals surface area contributed by atoms with E-state index >= 15 is 0 Å². The summed E-state index contributed by atoms with van der Waals surface area (Å²) in [5.74, 6) is 1.81. The Morgan fingerprint density at radius 2 is 1.96 bits per heavy atom. The smallest absolute Gasteiger partial charge is 0.282 e. The predicted octanol–water partition coefficient (Wildman–Crippen LogP) is 2.64. The molecule has 1 aromatic carbocycles. The summed E-state index contributed by atoms with van der Waals surface area (Å²) in [4.78, 5) is 0. The Morgan fingerprint density at radius 3 is 2.56 bits per heavy atom. The molecule has 0 bridgehead atoms. The molecule has 1 saturated carbocycles. The number of hydrogen-bond donors (Lipinski definition) is 0. The van der Waals surface area contributed by atoms with Crippen molar-refractivity contribution in [3.8, 4) is 11.5 Å². The predicted molar refractivity (Wildman–Crippen MR) is 97.0 cm³/mol. The van der Waals surface area contributed by atoms with E-state index in [4.69, 9.17) is 9.47 Å². The maximum absolute atomic E-state index is 13.3. The average molecular weight is 368 g/mol. The van der Waals surface area contributed by atoms with Crippen molar-refractivity contribution in [1.29, 1.82) is 0 Å². The van der Waals surface area contributed by atoms with Crippen LogP contribution in [0.2, 0.25) is 0 Å². The van der Waals surface area contributed by atoms with Crippen LogP contribution < -0.4 is 9.47 Å². The first-order valence-electron chi connectivity index (χ1n) is 8.93. The van der Waals surface area contributed by atoms with Crippen LogP contribution >= 0.6 is 0 Å². The van der Waals surface area contributed by atoms with E-state index in [0.29, 0.717) is 37.1 Å². The summed E-state index contributed by atoms with van der Waals surface area (Å²) in [5, 5.41) is 0. The lowest BCUT2D eigenvalue weighted by molar-refractivity contribution is 0.253. The van der Waals surface area contributed by atoms with E-state index < -0.39 is 10.2 Å². The lowest BCUT2D eigenvalue weighted by atomic mass is 10.0. The zero-order valence-electron chi connectivity index (χ0n) is 15.3. The zero-order valence-corrected chi connectivity index (χ0v) is 16.1. The third-order valence-electron chi connectivity index (χ3n) is 5.01. The first kappa shape index (κ1) is 18.5. The molecule has 0 N–H and O–H groups in total. The van der Waals surface area contributed by atoms with Gasteiger partial charge in [0.2, 0.25) is 0 Å². The van der Waals surface area contributed by atoms with Gasteiger partial charge in [-0.3, -0.25) is 0 Å². The fraction of sp³-hybridized carbons (Fsp3) is 0.667. The molecule has 1 aliphatic carbocycles. The molecule has 1 unspecified atom stereocenters. The standard InChI is InChI=1S/C18H28N2O4S/c1-14-5-4-10-19(12-14)25(21,22)20(16-6-7-16)13-15-11-17(23-2)8-9-18(15)24-3/h8-9,11,14,16H,4-7,10,12-13H2,1-3H3. The van der Waals surface area contributed by atoms with Gasteiger partial charge in [-0.25, -0.2) is 0 Å². The molecule has 3 rings (SSSR count). The maximum Gasteiger partial charge on any atom is 0.282 e. The highest BCUT2D eigenvalue weighted by molar-refractivity contribution is 7.86. The molecule has 6 nitrogen and oxygen atoms in total. The summed E-state index contributed by atoms with van der Waals surface area (Å²) < 4.78 is 40.5. The molecule has 1 aromatic rings. The quantitative estimate of drug-likeness (QED) is 0.742. The second-order valence-electron chi connectivity index (χ2n) is 7.07. The summed E-state index contributed by atoms with van der Waals surface area (Å²) in [7, 11) is -0.254. The Kier molecular flexibility index (Phi) is 5.55. The molecule has 0 radical (unpaired) electrons. The van der Waals surface area contributed by atoms with E-state index in [1.54, 1.807) is 22.8 Å². The number of methoxy groups -OCH3 is 2. The minimum absolute atomic E-state index is 0.0955. The topological polar surface area (TPSA) is 59.1 Å². The highest BCUT2D eigenvalue weighted by Crippen LogP contribution is 2.35. The molecule has 25 heavy (non-hydrogen) atoms. The third kappa shape index (κ3) is 4.10. The van der Waals surface area contributed by atoms with Gasteiger partial charge >= 0.3 is 0 Å². The lowest BCUT2D eigenvalue weighted by Gasteiger charge is -2.34. The van der Waals surface area contributed by atoms with Gasteiger partial charge in [0.15, 0.2) is 0 Å². The van der Waals surface area contributed by atoms with Crippen molar-refractivity contribution in [2.24, 2.45) is 5.92 Å². The van der Waals surface area contributed by atoms with E-state index in [0.717, 1.165) is 31.2 Å². The molecule has 0 spiro atoms. The number of ether oxygens (including phenoxy) is 2. The molecule has 1 saturated heterocycles. The van der Waals surface area contributed by atoms with Crippen molar-refractivity contribution in [2.45, 2.75) is 45.2 Å². The van der Waals surface area contributed by atoms with Crippen molar-refractivity contribution in [1.82, 2.24) is 8.61 Å². The molecular weight excluding hydrogens is 340 g/mol. The number of hydrogen-bond acceptors (Lipinski definition) is 4. The fourth-order valence-electron chi connectivity index (χ4n) is 3.44. The van der Waals surface area contributed by atoms with Crippen LogP contribution in [0.5, 0.6) is 11.5 Å². The van der Waals surface area contributed by atoms with Gasteiger partial charge < -0.3 is 9.47 Å². The van der Waals surface area contributed by atoms with Gasteiger partial charge in [0.1, 0.15) is 11.5 Å². The van der Waals surface area contributed by atoms with Crippen LogP contribution in [-0.2, 0) is 16.8 Å². The van der Waals surface area contributed by atoms with Gasteiger partial charge in [-0.15, -0.1) is 0 Å². The molecule has 2 fully saturated rings. The Bertz CT molecular complexity index is 703. The van der Waals surface area contributed by atoms with E-state index in [-0.39, 0.29) is 6.04 Å². The van der Waals surface area contributed by atoms with Gasteiger partial charge in [0, 0.05) is 31.2 Å². The number of benzene rings is 1. The van der Waals surface area contributed by atoms with Gasteiger partial charge in [-0.2, -0.15) is 17.0 Å². The second-order valence-corrected chi connectivity index (χ2v) is 8.95. The van der Waals surface area contributed by atoms with Crippen molar-refractivity contribution >= 4 is 10.2 Å². The fourth-order valence-corrected chi connectivity index (χ4v) is 5.43. The van der Waals surface area contributed by atoms with Crippen LogP contribution in [0.25, 0.3) is 0 Å². The average Bonchev–Trinajstić information content (AvgIpc) is 3.44. The van der Waals surface area contributed by atoms with Crippen LogP contribution in [0.1, 0.15) is 38.2 Å². The molecule has 7 heteroatoms. The summed E-state index contributed by atoms with van der Waals surface area (Å²) in [6.07, 6.45) is 3.88. The Hall–Kier alpha value is -1.31. The first-order chi connectivity index (χ1) is 12.0. The number of piperidine rings is 1. The monoisotopic (exact) mass is 368 g/mol. The van der Waals surface area contributed by atoms with Gasteiger partial charge in [0.25, 0.3) is 10.2 Å². The highest BCUT2D eigenvalue weighted by Gasteiger charge is 2.41. The van der Waals surface area contributed by atoms with Crippen molar-refractivity contribution < 1.29 is 17.9 Å². The molecule has 0 aromatic heterocycles. The molecule has 1 aliphatic heterocycles. The molecule has 2 aliphatic rings. The molecular formula is C18H28N2O4S. The van der Waals surface area contributed by atoms with Crippen LogP contribution in [0.4, 0.5) is 0 Å². The van der Waals surface area contributed by atoms with Crippen molar-refractivity contribution in [3.05, 3.63) is 23.8 Å². The van der Waals surface area contributed by atoms with Crippen LogP contribution in [0.3, 0.4) is 0 Å². The molecule has 0 amide bonds. The molecule has 1 heterocycles. The number of rotatable bonds is 7. The Morgan fingerprint density at radius 1 is 1.20 bits per heavy atom. The van der Waals surface area contributed by atoms with Gasteiger partial charge in [-0.05, 0) is 49.8 Å². The first-order valence-corrected chi connectivity index (χ1v) is 10.3. The van der Waals surface area contributed by atoms with Crippen LogP contribution in [0.15, 0.2) is 18.2 Å². The van der Waals surface area contributed by atoms with Crippen molar-refractivity contribution in [3.63, 3.8) is 0 Å². The second kappa shape index (κ2) is 7.51. The maximum atomic E-state index is 13.3. The summed E-state index contributed by atoms with van der Waals surface area (Å²) in [5.41, 5.74) is 0.836. The van der Waals surface area contributed by atoms with Gasteiger partial charge in [-0.1, -0.05) is 6.92 Å². The summed E-state index contributed by atoms with van der Waals surface area (Å²) in [6.45, 7) is 3.67. The molecule has 140 valence electrons. The van der Waals surface area contributed by atoms with E-state index in [1.165, 1.54) is 0 Å². The highest BCUT2D eigenvalue weighted by atomic mass is 32.2. The van der Waals surface area contributed by atoms with E-state index in [1.807, 2.05) is 18.2 Å². The Balaban J connectivity index is 1.87. The Labute approximate surface area is 150 Å². The largest absolute Gasteiger partial charge is 0.497 e. The molecule has 1 atom stereocenters.